The van der Waals surface area contributed by atoms with Gasteiger partial charge in [-0.15, -0.1) is 23.7 Å². The molecule has 2 fully saturated rings. The number of hydrogen-bond acceptors (Lipinski definition) is 6. The third-order valence-electron chi connectivity index (χ3n) is 6.03. The number of carbonyl (C=O) groups excluding carboxylic acids is 2. The second kappa shape index (κ2) is 9.75. The van der Waals surface area contributed by atoms with Gasteiger partial charge in [0.15, 0.2) is 0 Å². The van der Waals surface area contributed by atoms with E-state index in [1.54, 1.807) is 16.2 Å². The highest BCUT2D eigenvalue weighted by molar-refractivity contribution is 7.14. The van der Waals surface area contributed by atoms with Crippen molar-refractivity contribution >= 4 is 35.6 Å². The minimum Gasteiger partial charge on any atom is -0.375 e. The van der Waals surface area contributed by atoms with E-state index in [1.807, 2.05) is 4.90 Å². The largest absolute Gasteiger partial charge is 0.375 e. The molecule has 4 rings (SSSR count). The number of nitrogens with zero attached hydrogens (tertiary/aromatic N) is 2. The first kappa shape index (κ1) is 22.5. The molecule has 0 atom stereocenters. The van der Waals surface area contributed by atoms with Crippen molar-refractivity contribution in [3.05, 3.63) is 21.4 Å². The lowest BCUT2D eigenvalue weighted by molar-refractivity contribution is -0.135. The van der Waals surface area contributed by atoms with Gasteiger partial charge in [-0.25, -0.2) is 0 Å². The third-order valence-corrected chi connectivity index (χ3v) is 7.22. The SMILES string of the molecule is COCC(=O)N1CCCN(C(=O)c2cc3c(s2)CCOC32CCNCC2)CC1.Cl. The van der Waals surface area contributed by atoms with E-state index in [4.69, 9.17) is 9.47 Å². The van der Waals surface area contributed by atoms with Gasteiger partial charge in [0.05, 0.1) is 17.1 Å². The third kappa shape index (κ3) is 4.61. The van der Waals surface area contributed by atoms with E-state index < -0.39 is 0 Å². The fraction of sp³-hybridized carbons (Fsp3) is 0.700. The summed E-state index contributed by atoms with van der Waals surface area (Å²) < 4.78 is 11.2. The molecule has 0 aliphatic carbocycles. The number of thiophene rings is 1. The van der Waals surface area contributed by atoms with Crippen molar-refractivity contribution in [1.29, 1.82) is 0 Å². The maximum Gasteiger partial charge on any atom is 0.264 e. The summed E-state index contributed by atoms with van der Waals surface area (Å²) in [6.45, 7) is 5.25. The number of piperidine rings is 1. The number of carbonyl (C=O) groups is 2. The Kier molecular flexibility index (Phi) is 7.56. The Balaban J connectivity index is 0.00000240. The van der Waals surface area contributed by atoms with Gasteiger partial charge in [0.25, 0.3) is 5.91 Å². The first-order valence-corrected chi connectivity index (χ1v) is 11.0. The Morgan fingerprint density at radius 1 is 1.21 bits per heavy atom. The predicted octanol–water partition coefficient (Wildman–Crippen LogP) is 1.64. The molecule has 4 heterocycles. The molecule has 7 nitrogen and oxygen atoms in total. The molecule has 0 aromatic carbocycles. The Morgan fingerprint density at radius 2 is 1.93 bits per heavy atom. The normalized spacial score (nSPS) is 21.3. The molecular formula is C20H30ClN3O4S. The topological polar surface area (TPSA) is 71.1 Å². The zero-order chi connectivity index (χ0) is 19.6. The maximum atomic E-state index is 13.2. The van der Waals surface area contributed by atoms with E-state index in [1.165, 1.54) is 17.6 Å². The molecule has 0 unspecified atom stereocenters. The van der Waals surface area contributed by atoms with Crippen LogP contribution in [0.15, 0.2) is 6.07 Å². The van der Waals surface area contributed by atoms with Crippen LogP contribution < -0.4 is 5.32 Å². The lowest BCUT2D eigenvalue weighted by atomic mass is 9.83. The average Bonchev–Trinajstić information content (AvgIpc) is 3.00. The zero-order valence-corrected chi connectivity index (χ0v) is 18.5. The molecule has 1 aromatic rings. The summed E-state index contributed by atoms with van der Waals surface area (Å²) in [7, 11) is 1.53. The second-order valence-electron chi connectivity index (χ2n) is 7.75. The summed E-state index contributed by atoms with van der Waals surface area (Å²) in [5.41, 5.74) is 1.02. The highest BCUT2D eigenvalue weighted by Crippen LogP contribution is 2.43. The van der Waals surface area contributed by atoms with E-state index in [-0.39, 0.29) is 36.4 Å². The fourth-order valence-electron chi connectivity index (χ4n) is 4.51. The van der Waals surface area contributed by atoms with Gasteiger partial charge >= 0.3 is 0 Å². The Labute approximate surface area is 182 Å². The molecule has 1 spiro atoms. The van der Waals surface area contributed by atoms with Crippen molar-refractivity contribution < 1.29 is 19.1 Å². The lowest BCUT2D eigenvalue weighted by Gasteiger charge is -2.40. The molecule has 1 N–H and O–H groups in total. The van der Waals surface area contributed by atoms with Crippen LogP contribution in [0.1, 0.15) is 39.4 Å². The number of amides is 2. The molecule has 1 aromatic heterocycles. The summed E-state index contributed by atoms with van der Waals surface area (Å²) in [4.78, 5) is 31.1. The Bertz CT molecular complexity index is 735. The predicted molar refractivity (Wildman–Crippen MR) is 114 cm³/mol. The Morgan fingerprint density at radius 3 is 2.69 bits per heavy atom. The Hall–Kier alpha value is -1.19. The molecule has 2 saturated heterocycles. The van der Waals surface area contributed by atoms with Crippen LogP contribution in [0.5, 0.6) is 0 Å². The van der Waals surface area contributed by atoms with Crippen LogP contribution in [0.2, 0.25) is 0 Å². The zero-order valence-electron chi connectivity index (χ0n) is 16.9. The standard InChI is InChI=1S/C20H29N3O4S.ClH/c1-26-14-18(24)22-8-2-9-23(11-10-22)19(25)17-13-15-16(28-17)3-12-27-20(15)4-6-21-7-5-20;/h13,21H,2-12,14H2,1H3;1H. The van der Waals surface area contributed by atoms with E-state index in [0.717, 1.165) is 50.3 Å². The molecule has 0 radical (unpaired) electrons. The summed E-state index contributed by atoms with van der Waals surface area (Å²) in [5.74, 6) is 0.0814. The van der Waals surface area contributed by atoms with Crippen molar-refractivity contribution in [2.24, 2.45) is 0 Å². The monoisotopic (exact) mass is 443 g/mol. The van der Waals surface area contributed by atoms with Crippen LogP contribution in [0.4, 0.5) is 0 Å². The molecule has 2 amide bonds. The number of nitrogens with one attached hydrogen (secondary N) is 1. The van der Waals surface area contributed by atoms with Crippen molar-refractivity contribution in [3.8, 4) is 0 Å². The molecule has 0 saturated carbocycles. The first-order chi connectivity index (χ1) is 13.6. The van der Waals surface area contributed by atoms with Crippen LogP contribution >= 0.6 is 23.7 Å². The summed E-state index contributed by atoms with van der Waals surface area (Å²) in [6.07, 6.45) is 3.61. The second-order valence-corrected chi connectivity index (χ2v) is 8.89. The molecule has 0 bridgehead atoms. The van der Waals surface area contributed by atoms with E-state index in [0.29, 0.717) is 26.2 Å². The highest BCUT2D eigenvalue weighted by atomic mass is 35.5. The van der Waals surface area contributed by atoms with Gasteiger partial charge in [0, 0.05) is 44.6 Å². The van der Waals surface area contributed by atoms with Gasteiger partial charge in [0.2, 0.25) is 5.91 Å². The van der Waals surface area contributed by atoms with Crippen LogP contribution in [-0.4, -0.2) is 81.2 Å². The average molecular weight is 444 g/mol. The summed E-state index contributed by atoms with van der Waals surface area (Å²) in [6, 6.07) is 2.09. The number of hydrogen-bond donors (Lipinski definition) is 1. The van der Waals surface area contributed by atoms with Gasteiger partial charge in [-0.3, -0.25) is 9.59 Å². The van der Waals surface area contributed by atoms with Crippen molar-refractivity contribution in [3.63, 3.8) is 0 Å². The minimum atomic E-state index is -0.212. The van der Waals surface area contributed by atoms with Crippen molar-refractivity contribution in [2.45, 2.75) is 31.3 Å². The molecule has 3 aliphatic rings. The molecular weight excluding hydrogens is 414 g/mol. The molecule has 3 aliphatic heterocycles. The number of halogens is 1. The number of methoxy groups -OCH3 is 1. The number of rotatable bonds is 3. The lowest BCUT2D eigenvalue weighted by Crippen LogP contribution is -2.44. The molecule has 9 heteroatoms. The van der Waals surface area contributed by atoms with Crippen molar-refractivity contribution in [2.75, 3.05) is 59.6 Å². The van der Waals surface area contributed by atoms with E-state index in [2.05, 4.69) is 11.4 Å². The van der Waals surface area contributed by atoms with Crippen LogP contribution in [0.25, 0.3) is 0 Å². The smallest absolute Gasteiger partial charge is 0.264 e. The fourth-order valence-corrected chi connectivity index (χ4v) is 5.71. The summed E-state index contributed by atoms with van der Waals surface area (Å²) >= 11 is 1.63. The van der Waals surface area contributed by atoms with Gasteiger partial charge in [-0.1, -0.05) is 0 Å². The van der Waals surface area contributed by atoms with Gasteiger partial charge in [0.1, 0.15) is 6.61 Å². The maximum absolute atomic E-state index is 13.2. The van der Waals surface area contributed by atoms with Gasteiger partial charge in [-0.05, 0) is 44.0 Å². The summed E-state index contributed by atoms with van der Waals surface area (Å²) in [5, 5.41) is 3.40. The van der Waals surface area contributed by atoms with Crippen LogP contribution in [-0.2, 0) is 26.3 Å². The quantitative estimate of drug-likeness (QED) is 0.769. The number of fused-ring (bicyclic) bond motifs is 2. The number of ether oxygens (including phenoxy) is 2. The highest BCUT2D eigenvalue weighted by Gasteiger charge is 2.41. The first-order valence-electron chi connectivity index (χ1n) is 10.2. The minimum absolute atomic E-state index is 0. The van der Waals surface area contributed by atoms with Gasteiger partial charge < -0.3 is 24.6 Å². The van der Waals surface area contributed by atoms with Crippen molar-refractivity contribution in [1.82, 2.24) is 15.1 Å². The van der Waals surface area contributed by atoms with Gasteiger partial charge in [-0.2, -0.15) is 0 Å². The van der Waals surface area contributed by atoms with Crippen LogP contribution in [0.3, 0.4) is 0 Å². The van der Waals surface area contributed by atoms with E-state index in [9.17, 15) is 9.59 Å². The molecule has 29 heavy (non-hydrogen) atoms. The van der Waals surface area contributed by atoms with E-state index >= 15 is 0 Å². The molecule has 162 valence electrons. The van der Waals surface area contributed by atoms with Crippen LogP contribution in [0, 0.1) is 0 Å².